The third-order valence-corrected chi connectivity index (χ3v) is 4.99. The molecular formula is C24H19N5O. The second-order valence-electron chi connectivity index (χ2n) is 7.10. The molecule has 0 spiro atoms. The van der Waals surface area contributed by atoms with E-state index < -0.39 is 0 Å². The summed E-state index contributed by atoms with van der Waals surface area (Å²) >= 11 is 0. The highest BCUT2D eigenvalue weighted by Gasteiger charge is 2.16. The fourth-order valence-corrected chi connectivity index (χ4v) is 3.54. The van der Waals surface area contributed by atoms with Gasteiger partial charge in [-0.1, -0.05) is 24.3 Å². The summed E-state index contributed by atoms with van der Waals surface area (Å²) in [6, 6.07) is 21.4. The van der Waals surface area contributed by atoms with E-state index in [1.165, 1.54) is 0 Å². The SMILES string of the molecule is Cc1cccc(NC(=O)c2ccnn2-c2ccc3ccc(-c4cccnc4)cn23)c1. The van der Waals surface area contributed by atoms with Crippen molar-refractivity contribution in [2.45, 2.75) is 6.92 Å². The number of benzene rings is 1. The van der Waals surface area contributed by atoms with Crippen molar-refractivity contribution in [3.63, 3.8) is 0 Å². The van der Waals surface area contributed by atoms with Crippen LogP contribution in [0.2, 0.25) is 0 Å². The van der Waals surface area contributed by atoms with Crippen LogP contribution < -0.4 is 5.32 Å². The molecule has 30 heavy (non-hydrogen) atoms. The number of anilines is 1. The summed E-state index contributed by atoms with van der Waals surface area (Å²) in [6.45, 7) is 1.99. The summed E-state index contributed by atoms with van der Waals surface area (Å²) in [5.41, 5.74) is 5.37. The van der Waals surface area contributed by atoms with Gasteiger partial charge in [-0.2, -0.15) is 5.10 Å². The first kappa shape index (κ1) is 17.9. The minimum absolute atomic E-state index is 0.212. The number of aromatic nitrogens is 4. The quantitative estimate of drug-likeness (QED) is 0.479. The van der Waals surface area contributed by atoms with Gasteiger partial charge in [0.05, 0.1) is 6.20 Å². The second kappa shape index (κ2) is 7.33. The molecule has 0 saturated heterocycles. The predicted molar refractivity (Wildman–Crippen MR) is 117 cm³/mol. The molecule has 146 valence electrons. The zero-order valence-corrected chi connectivity index (χ0v) is 16.4. The van der Waals surface area contributed by atoms with Crippen LogP contribution >= 0.6 is 0 Å². The van der Waals surface area contributed by atoms with Crippen molar-refractivity contribution in [1.29, 1.82) is 0 Å². The zero-order chi connectivity index (χ0) is 20.5. The van der Waals surface area contributed by atoms with Gasteiger partial charge in [-0.05, 0) is 60.5 Å². The summed E-state index contributed by atoms with van der Waals surface area (Å²) in [5, 5.41) is 7.37. The summed E-state index contributed by atoms with van der Waals surface area (Å²) < 4.78 is 3.68. The van der Waals surface area contributed by atoms with Crippen molar-refractivity contribution >= 4 is 17.1 Å². The monoisotopic (exact) mass is 393 g/mol. The lowest BCUT2D eigenvalue weighted by atomic mass is 10.1. The van der Waals surface area contributed by atoms with Crippen LogP contribution in [0.25, 0.3) is 22.5 Å². The molecule has 0 fully saturated rings. The molecule has 5 aromatic rings. The molecule has 0 atom stereocenters. The van der Waals surface area contributed by atoms with Gasteiger partial charge >= 0.3 is 0 Å². The highest BCUT2D eigenvalue weighted by atomic mass is 16.2. The van der Waals surface area contributed by atoms with Crippen LogP contribution in [0.1, 0.15) is 16.1 Å². The minimum atomic E-state index is -0.212. The Kier molecular flexibility index (Phi) is 4.37. The van der Waals surface area contributed by atoms with Crippen molar-refractivity contribution in [3.8, 4) is 16.9 Å². The van der Waals surface area contributed by atoms with Gasteiger partial charge in [-0.3, -0.25) is 9.78 Å². The lowest BCUT2D eigenvalue weighted by molar-refractivity contribution is 0.101. The van der Waals surface area contributed by atoms with E-state index >= 15 is 0 Å². The number of aryl methyl sites for hydroxylation is 1. The average Bonchev–Trinajstić information content (AvgIpc) is 3.40. The summed E-state index contributed by atoms with van der Waals surface area (Å²) in [7, 11) is 0. The molecule has 0 bridgehead atoms. The largest absolute Gasteiger partial charge is 0.321 e. The number of nitrogens with one attached hydrogen (secondary N) is 1. The molecule has 6 heteroatoms. The summed E-state index contributed by atoms with van der Waals surface area (Å²) in [5.74, 6) is 0.576. The maximum atomic E-state index is 12.9. The van der Waals surface area contributed by atoms with E-state index in [0.29, 0.717) is 5.69 Å². The Morgan fingerprint density at radius 3 is 2.67 bits per heavy atom. The van der Waals surface area contributed by atoms with Crippen molar-refractivity contribution in [1.82, 2.24) is 19.2 Å². The van der Waals surface area contributed by atoms with Crippen molar-refractivity contribution in [2.75, 3.05) is 5.32 Å². The van der Waals surface area contributed by atoms with Crippen LogP contribution in [0, 0.1) is 6.92 Å². The number of hydrogen-bond donors (Lipinski definition) is 1. The van der Waals surface area contributed by atoms with Crippen LogP contribution in [0.3, 0.4) is 0 Å². The van der Waals surface area contributed by atoms with E-state index in [4.69, 9.17) is 0 Å². The van der Waals surface area contributed by atoms with Crippen molar-refractivity contribution in [3.05, 3.63) is 103 Å². The fourth-order valence-electron chi connectivity index (χ4n) is 3.54. The molecule has 0 saturated carbocycles. The van der Waals surface area contributed by atoms with Crippen molar-refractivity contribution < 1.29 is 4.79 Å². The molecule has 5 rings (SSSR count). The molecule has 4 heterocycles. The van der Waals surface area contributed by atoms with E-state index in [1.807, 2.05) is 78.3 Å². The lowest BCUT2D eigenvalue weighted by Crippen LogP contribution is -2.17. The Balaban J connectivity index is 1.54. The third kappa shape index (κ3) is 3.24. The number of carbonyl (C=O) groups excluding carboxylic acids is 1. The summed E-state index contributed by atoms with van der Waals surface area (Å²) in [6.07, 6.45) is 7.26. The topological polar surface area (TPSA) is 64.2 Å². The number of carbonyl (C=O) groups is 1. The van der Waals surface area contributed by atoms with Crippen LogP contribution in [0.15, 0.2) is 91.5 Å². The van der Waals surface area contributed by atoms with Crippen LogP contribution in [-0.4, -0.2) is 25.1 Å². The Hall–Kier alpha value is -4.19. The molecule has 0 unspecified atom stereocenters. The number of rotatable bonds is 4. The third-order valence-electron chi connectivity index (χ3n) is 4.99. The van der Waals surface area contributed by atoms with Gasteiger partial charge in [0.2, 0.25) is 0 Å². The maximum absolute atomic E-state index is 12.9. The number of nitrogens with zero attached hydrogens (tertiary/aromatic N) is 4. The van der Waals surface area contributed by atoms with Gasteiger partial charge in [-0.25, -0.2) is 4.68 Å². The first-order valence-electron chi connectivity index (χ1n) is 9.63. The van der Waals surface area contributed by atoms with E-state index in [-0.39, 0.29) is 5.91 Å². The molecule has 0 aliphatic heterocycles. The minimum Gasteiger partial charge on any atom is -0.321 e. The molecular weight excluding hydrogens is 374 g/mol. The number of pyridine rings is 2. The number of fused-ring (bicyclic) bond motifs is 1. The van der Waals surface area contributed by atoms with Gasteiger partial charge < -0.3 is 9.72 Å². The Labute approximate surface area is 173 Å². The van der Waals surface area contributed by atoms with Crippen LogP contribution in [-0.2, 0) is 0 Å². The van der Waals surface area contributed by atoms with Gasteiger partial charge in [0, 0.05) is 35.4 Å². The highest BCUT2D eigenvalue weighted by Crippen LogP contribution is 2.23. The van der Waals surface area contributed by atoms with Gasteiger partial charge in [0.15, 0.2) is 0 Å². The fraction of sp³-hybridized carbons (Fsp3) is 0.0417. The van der Waals surface area contributed by atoms with Gasteiger partial charge in [-0.15, -0.1) is 0 Å². The standard InChI is InChI=1S/C24H19N5O/c1-17-4-2-6-20(14-17)27-24(30)22-11-13-26-29(22)23-10-9-21-8-7-19(16-28(21)23)18-5-3-12-25-15-18/h2-16H,1H3,(H,27,30). The second-order valence-corrected chi connectivity index (χ2v) is 7.10. The number of amides is 1. The molecule has 6 nitrogen and oxygen atoms in total. The molecule has 4 aromatic heterocycles. The van der Waals surface area contributed by atoms with E-state index in [0.717, 1.165) is 33.7 Å². The van der Waals surface area contributed by atoms with E-state index in [9.17, 15) is 4.79 Å². The normalized spacial score (nSPS) is 11.0. The van der Waals surface area contributed by atoms with Crippen LogP contribution in [0.5, 0.6) is 0 Å². The van der Waals surface area contributed by atoms with E-state index in [1.54, 1.807) is 23.1 Å². The van der Waals surface area contributed by atoms with Gasteiger partial charge in [0.25, 0.3) is 5.91 Å². The van der Waals surface area contributed by atoms with Gasteiger partial charge in [0.1, 0.15) is 11.5 Å². The maximum Gasteiger partial charge on any atom is 0.274 e. The molecule has 1 N–H and O–H groups in total. The summed E-state index contributed by atoms with van der Waals surface area (Å²) in [4.78, 5) is 17.1. The van der Waals surface area contributed by atoms with Crippen molar-refractivity contribution in [2.24, 2.45) is 0 Å². The lowest BCUT2D eigenvalue weighted by Gasteiger charge is -2.10. The molecule has 1 amide bonds. The Morgan fingerprint density at radius 1 is 0.933 bits per heavy atom. The average molecular weight is 393 g/mol. The Bertz CT molecular complexity index is 1350. The zero-order valence-electron chi connectivity index (χ0n) is 16.4. The first-order valence-corrected chi connectivity index (χ1v) is 9.63. The smallest absolute Gasteiger partial charge is 0.274 e. The first-order chi connectivity index (χ1) is 14.7. The highest BCUT2D eigenvalue weighted by molar-refractivity contribution is 6.03. The van der Waals surface area contributed by atoms with E-state index in [2.05, 4.69) is 21.5 Å². The molecule has 1 aromatic carbocycles. The molecule has 0 aliphatic rings. The Morgan fingerprint density at radius 2 is 1.83 bits per heavy atom. The number of hydrogen-bond acceptors (Lipinski definition) is 3. The molecule has 0 aliphatic carbocycles. The van der Waals surface area contributed by atoms with Crippen LogP contribution in [0.4, 0.5) is 5.69 Å². The predicted octanol–water partition coefficient (Wildman–Crippen LogP) is 4.75. The molecule has 0 radical (unpaired) electrons.